The van der Waals surface area contributed by atoms with Gasteiger partial charge in [0, 0.05) is 23.9 Å². The zero-order valence-electron chi connectivity index (χ0n) is 16.3. The lowest BCUT2D eigenvalue weighted by molar-refractivity contribution is 0.103. The molecule has 1 saturated heterocycles. The number of carbonyl (C=O) groups is 1. The summed E-state index contributed by atoms with van der Waals surface area (Å²) in [6.45, 7) is 1.94. The van der Waals surface area contributed by atoms with Crippen molar-refractivity contribution < 1.29 is 9.53 Å². The second kappa shape index (κ2) is 8.04. The Bertz CT molecular complexity index is 1150. The molecule has 7 nitrogen and oxygen atoms in total. The summed E-state index contributed by atoms with van der Waals surface area (Å²) in [5.41, 5.74) is 3.04. The molecule has 0 aliphatic carbocycles. The van der Waals surface area contributed by atoms with Crippen LogP contribution in [0.3, 0.4) is 0 Å². The molecule has 4 aromatic rings. The van der Waals surface area contributed by atoms with E-state index in [4.69, 9.17) is 4.74 Å². The van der Waals surface area contributed by atoms with Crippen molar-refractivity contribution in [2.45, 2.75) is 18.8 Å². The first-order valence-electron chi connectivity index (χ1n) is 10.1. The summed E-state index contributed by atoms with van der Waals surface area (Å²) < 4.78 is 6.02. The number of carbonyl (C=O) groups excluding carboxylic acids is 1. The standard InChI is InChI=1S/C23H21N5O2/c29-21(22-27-18-3-1-2-4-19(18)28-22)16-5-7-17(8-6-16)30-23-20(25-13-14-26-23)15-9-11-24-12-10-15/h1-8,13-15,24H,9-12H2,(H,27,28). The molecule has 0 radical (unpaired) electrons. The number of rotatable bonds is 5. The maximum Gasteiger partial charge on any atom is 0.241 e. The second-order valence-corrected chi connectivity index (χ2v) is 7.33. The molecule has 3 heterocycles. The van der Waals surface area contributed by atoms with Crippen LogP contribution in [-0.2, 0) is 0 Å². The summed E-state index contributed by atoms with van der Waals surface area (Å²) in [5, 5.41) is 3.36. The third-order valence-electron chi connectivity index (χ3n) is 5.35. The average molecular weight is 399 g/mol. The van der Waals surface area contributed by atoms with Gasteiger partial charge in [-0.05, 0) is 62.3 Å². The molecule has 1 fully saturated rings. The lowest BCUT2D eigenvalue weighted by Crippen LogP contribution is -2.27. The van der Waals surface area contributed by atoms with Crippen molar-refractivity contribution in [3.63, 3.8) is 0 Å². The Morgan fingerprint density at radius 1 is 0.967 bits per heavy atom. The van der Waals surface area contributed by atoms with E-state index in [0.29, 0.717) is 28.9 Å². The summed E-state index contributed by atoms with van der Waals surface area (Å²) in [7, 11) is 0. The van der Waals surface area contributed by atoms with Gasteiger partial charge in [0.25, 0.3) is 0 Å². The van der Waals surface area contributed by atoms with Crippen LogP contribution in [0, 0.1) is 0 Å². The van der Waals surface area contributed by atoms with E-state index in [1.807, 2.05) is 24.3 Å². The van der Waals surface area contributed by atoms with Crippen LogP contribution in [0.4, 0.5) is 0 Å². The molecule has 0 spiro atoms. The Balaban J connectivity index is 1.35. The second-order valence-electron chi connectivity index (χ2n) is 7.33. The number of nitrogens with zero attached hydrogens (tertiary/aromatic N) is 3. The Kier molecular flexibility index (Phi) is 4.94. The zero-order valence-corrected chi connectivity index (χ0v) is 16.3. The van der Waals surface area contributed by atoms with Crippen molar-refractivity contribution in [3.05, 3.63) is 78.0 Å². The first-order chi connectivity index (χ1) is 14.8. The predicted molar refractivity (Wildman–Crippen MR) is 113 cm³/mol. The Labute approximate surface area is 173 Å². The molecule has 2 aromatic carbocycles. The fourth-order valence-electron chi connectivity index (χ4n) is 3.77. The summed E-state index contributed by atoms with van der Waals surface area (Å²) in [6, 6.07) is 14.6. The van der Waals surface area contributed by atoms with E-state index in [9.17, 15) is 4.79 Å². The van der Waals surface area contributed by atoms with Crippen LogP contribution in [0.5, 0.6) is 11.6 Å². The van der Waals surface area contributed by atoms with Crippen LogP contribution < -0.4 is 10.1 Å². The molecular weight excluding hydrogens is 378 g/mol. The highest BCUT2D eigenvalue weighted by Crippen LogP contribution is 2.32. The monoisotopic (exact) mass is 399 g/mol. The maximum atomic E-state index is 12.8. The van der Waals surface area contributed by atoms with Gasteiger partial charge in [0.05, 0.1) is 11.0 Å². The van der Waals surface area contributed by atoms with Crippen LogP contribution in [0.25, 0.3) is 11.0 Å². The van der Waals surface area contributed by atoms with Gasteiger partial charge >= 0.3 is 0 Å². The molecule has 1 aliphatic heterocycles. The molecule has 0 unspecified atom stereocenters. The third-order valence-corrected chi connectivity index (χ3v) is 5.35. The van der Waals surface area contributed by atoms with Gasteiger partial charge in [-0.25, -0.2) is 9.97 Å². The number of para-hydroxylation sites is 2. The van der Waals surface area contributed by atoms with Crippen LogP contribution >= 0.6 is 0 Å². The minimum Gasteiger partial charge on any atom is -0.437 e. The molecular formula is C23H21N5O2. The Morgan fingerprint density at radius 3 is 2.53 bits per heavy atom. The normalized spacial score (nSPS) is 14.7. The minimum atomic E-state index is -0.160. The van der Waals surface area contributed by atoms with E-state index < -0.39 is 0 Å². The lowest BCUT2D eigenvalue weighted by atomic mass is 9.94. The largest absolute Gasteiger partial charge is 0.437 e. The topological polar surface area (TPSA) is 92.8 Å². The van der Waals surface area contributed by atoms with E-state index in [-0.39, 0.29) is 5.78 Å². The first-order valence-corrected chi connectivity index (χ1v) is 10.1. The van der Waals surface area contributed by atoms with Crippen LogP contribution in [0.1, 0.15) is 40.6 Å². The van der Waals surface area contributed by atoms with Crippen molar-refractivity contribution in [1.82, 2.24) is 25.3 Å². The molecule has 0 amide bonds. The number of hydrogen-bond donors (Lipinski definition) is 2. The number of fused-ring (bicyclic) bond motifs is 1. The number of hydrogen-bond acceptors (Lipinski definition) is 6. The first kappa shape index (κ1) is 18.4. The van der Waals surface area contributed by atoms with Crippen LogP contribution in [-0.4, -0.2) is 38.8 Å². The van der Waals surface area contributed by atoms with Gasteiger partial charge in [-0.15, -0.1) is 0 Å². The van der Waals surface area contributed by atoms with Gasteiger partial charge in [-0.3, -0.25) is 9.78 Å². The van der Waals surface area contributed by atoms with Gasteiger partial charge < -0.3 is 15.0 Å². The summed E-state index contributed by atoms with van der Waals surface area (Å²) in [6.07, 6.45) is 5.37. The zero-order chi connectivity index (χ0) is 20.3. The van der Waals surface area contributed by atoms with Gasteiger partial charge in [-0.1, -0.05) is 12.1 Å². The number of nitrogens with one attached hydrogen (secondary N) is 2. The molecule has 30 heavy (non-hydrogen) atoms. The smallest absolute Gasteiger partial charge is 0.241 e. The number of piperidine rings is 1. The van der Waals surface area contributed by atoms with Gasteiger partial charge in [0.2, 0.25) is 11.7 Å². The molecule has 7 heteroatoms. The summed E-state index contributed by atoms with van der Waals surface area (Å²) >= 11 is 0. The molecule has 150 valence electrons. The van der Waals surface area contributed by atoms with E-state index in [2.05, 4.69) is 25.3 Å². The fourth-order valence-corrected chi connectivity index (χ4v) is 3.77. The van der Waals surface area contributed by atoms with Crippen molar-refractivity contribution in [2.24, 2.45) is 0 Å². The molecule has 0 bridgehead atoms. The fraction of sp³-hybridized carbons (Fsp3) is 0.217. The summed E-state index contributed by atoms with van der Waals surface area (Å²) in [5.74, 6) is 1.65. The molecule has 0 atom stereocenters. The van der Waals surface area contributed by atoms with Crippen molar-refractivity contribution >= 4 is 16.8 Å². The van der Waals surface area contributed by atoms with Crippen LogP contribution in [0.15, 0.2) is 60.9 Å². The van der Waals surface area contributed by atoms with Gasteiger partial charge in [0.1, 0.15) is 11.4 Å². The highest BCUT2D eigenvalue weighted by molar-refractivity contribution is 6.08. The average Bonchev–Trinajstić information content (AvgIpc) is 3.24. The number of ketones is 1. The molecule has 1 aliphatic rings. The van der Waals surface area contributed by atoms with Crippen LogP contribution in [0.2, 0.25) is 0 Å². The third kappa shape index (κ3) is 3.67. The summed E-state index contributed by atoms with van der Waals surface area (Å²) in [4.78, 5) is 29.2. The predicted octanol–water partition coefficient (Wildman–Crippen LogP) is 3.84. The molecule has 5 rings (SSSR count). The SMILES string of the molecule is O=C(c1ccc(Oc2nccnc2C2CCNCC2)cc1)c1nc2ccccc2[nH]1. The minimum absolute atomic E-state index is 0.160. The molecule has 2 N–H and O–H groups in total. The Morgan fingerprint density at radius 2 is 1.73 bits per heavy atom. The van der Waals surface area contributed by atoms with E-state index >= 15 is 0 Å². The van der Waals surface area contributed by atoms with Gasteiger partial charge in [0.15, 0.2) is 5.82 Å². The van der Waals surface area contributed by atoms with Crippen molar-refractivity contribution in [3.8, 4) is 11.6 Å². The van der Waals surface area contributed by atoms with Gasteiger partial charge in [-0.2, -0.15) is 0 Å². The molecule has 0 saturated carbocycles. The number of benzene rings is 2. The highest BCUT2D eigenvalue weighted by atomic mass is 16.5. The quantitative estimate of drug-likeness (QED) is 0.495. The van der Waals surface area contributed by atoms with Crippen molar-refractivity contribution in [2.75, 3.05) is 13.1 Å². The lowest BCUT2D eigenvalue weighted by Gasteiger charge is -2.23. The highest BCUT2D eigenvalue weighted by Gasteiger charge is 2.22. The maximum absolute atomic E-state index is 12.8. The molecule has 2 aromatic heterocycles. The van der Waals surface area contributed by atoms with E-state index in [0.717, 1.165) is 42.7 Å². The number of aromatic nitrogens is 4. The van der Waals surface area contributed by atoms with E-state index in [1.165, 1.54) is 0 Å². The number of ether oxygens (including phenoxy) is 1. The van der Waals surface area contributed by atoms with E-state index in [1.54, 1.807) is 36.7 Å². The number of imidazole rings is 1. The Hall–Kier alpha value is -3.58. The number of aromatic amines is 1. The van der Waals surface area contributed by atoms with Crippen molar-refractivity contribution in [1.29, 1.82) is 0 Å². The number of H-pyrrole nitrogens is 1.